The fourth-order valence-corrected chi connectivity index (χ4v) is 4.02. The lowest BCUT2D eigenvalue weighted by Crippen LogP contribution is -2.33. The van der Waals surface area contributed by atoms with Crippen LogP contribution in [0.3, 0.4) is 0 Å². The van der Waals surface area contributed by atoms with E-state index < -0.39 is 23.7 Å². The zero-order valence-electron chi connectivity index (χ0n) is 19.4. The molecule has 0 spiro atoms. The van der Waals surface area contributed by atoms with E-state index in [1.54, 1.807) is 49.6 Å². The first-order valence-electron chi connectivity index (χ1n) is 10.7. The second-order valence-corrected chi connectivity index (χ2v) is 7.92. The number of carbonyl (C=O) groups is 1. The van der Waals surface area contributed by atoms with Crippen LogP contribution in [0.4, 0.5) is 13.2 Å². The molecular weight excluding hydrogens is 463 g/mol. The van der Waals surface area contributed by atoms with Crippen LogP contribution in [0.15, 0.2) is 60.7 Å². The van der Waals surface area contributed by atoms with E-state index in [0.29, 0.717) is 34.1 Å². The number of amides is 1. The number of methoxy groups -OCH3 is 3. The van der Waals surface area contributed by atoms with Crippen molar-refractivity contribution < 1.29 is 36.9 Å². The lowest BCUT2D eigenvalue weighted by molar-refractivity contribution is -0.137. The van der Waals surface area contributed by atoms with E-state index in [2.05, 4.69) is 0 Å². The van der Waals surface area contributed by atoms with Crippen molar-refractivity contribution in [1.29, 1.82) is 0 Å². The van der Waals surface area contributed by atoms with Gasteiger partial charge in [-0.1, -0.05) is 12.1 Å². The Kier molecular flexibility index (Phi) is 6.77. The number of alkyl halides is 3. The molecular formula is C26H24F3NO5. The highest BCUT2D eigenvalue weighted by atomic mass is 19.4. The van der Waals surface area contributed by atoms with Crippen LogP contribution in [-0.2, 0) is 12.7 Å². The van der Waals surface area contributed by atoms with E-state index in [9.17, 15) is 18.0 Å². The van der Waals surface area contributed by atoms with E-state index in [1.807, 2.05) is 0 Å². The zero-order chi connectivity index (χ0) is 25.2. The number of carbonyl (C=O) groups excluding carboxylic acids is 1. The molecule has 0 aliphatic carbocycles. The lowest BCUT2D eigenvalue weighted by atomic mass is 10.0. The summed E-state index contributed by atoms with van der Waals surface area (Å²) in [6, 6.07) is 14.8. The highest BCUT2D eigenvalue weighted by Crippen LogP contribution is 2.38. The topological polar surface area (TPSA) is 57.2 Å². The highest BCUT2D eigenvalue weighted by molar-refractivity contribution is 5.98. The van der Waals surface area contributed by atoms with Crippen LogP contribution in [-0.4, -0.2) is 38.7 Å². The number of ether oxygens (including phenoxy) is 4. The molecule has 1 heterocycles. The first-order chi connectivity index (χ1) is 16.7. The molecule has 1 amide bonds. The molecule has 9 heteroatoms. The van der Waals surface area contributed by atoms with Crippen LogP contribution in [0.2, 0.25) is 0 Å². The average Bonchev–Trinajstić information content (AvgIpc) is 3.19. The van der Waals surface area contributed by atoms with Gasteiger partial charge in [0.25, 0.3) is 5.91 Å². The molecule has 3 aromatic rings. The van der Waals surface area contributed by atoms with Crippen LogP contribution < -0.4 is 18.9 Å². The summed E-state index contributed by atoms with van der Waals surface area (Å²) in [6.07, 6.45) is -4.54. The van der Waals surface area contributed by atoms with Crippen LogP contribution in [0, 0.1) is 0 Å². The van der Waals surface area contributed by atoms with Crippen LogP contribution in [0.25, 0.3) is 0 Å². The fraction of sp³-hybridized carbons (Fsp3) is 0.269. The Morgan fingerprint density at radius 3 is 2.17 bits per heavy atom. The molecule has 1 aliphatic heterocycles. The third-order valence-corrected chi connectivity index (χ3v) is 5.91. The molecule has 1 atom stereocenters. The van der Waals surface area contributed by atoms with Gasteiger partial charge in [-0.2, -0.15) is 13.2 Å². The van der Waals surface area contributed by atoms with Crippen molar-refractivity contribution in [3.8, 4) is 23.0 Å². The van der Waals surface area contributed by atoms with Crippen LogP contribution in [0.1, 0.15) is 33.1 Å². The number of rotatable bonds is 8. The summed E-state index contributed by atoms with van der Waals surface area (Å²) in [5.41, 5.74) is 0.393. The number of halogens is 3. The van der Waals surface area contributed by atoms with Gasteiger partial charge in [0, 0.05) is 12.1 Å². The molecule has 184 valence electrons. The normalized spacial score (nSPS) is 13.9. The minimum absolute atomic E-state index is 0.0368. The van der Waals surface area contributed by atoms with Gasteiger partial charge in [0.05, 0.1) is 32.9 Å². The molecule has 6 nitrogen and oxygen atoms in total. The second kappa shape index (κ2) is 9.77. The standard InChI is InChI=1S/C26H24F3NO5/c1-32-19-7-9-20(10-8-19)35-15-22(16-5-11-23(33-2)24(12-16)34-3)30-14-17-4-6-18(26(27,28)29)13-21(17)25(30)31/h4-13,22H,14-15H2,1-3H3. The summed E-state index contributed by atoms with van der Waals surface area (Å²) in [7, 11) is 4.57. The summed E-state index contributed by atoms with van der Waals surface area (Å²) in [5, 5.41) is 0. The Hall–Kier alpha value is -3.88. The Labute approximate surface area is 200 Å². The largest absolute Gasteiger partial charge is 0.497 e. The van der Waals surface area contributed by atoms with Gasteiger partial charge < -0.3 is 23.8 Å². The van der Waals surface area contributed by atoms with E-state index in [1.165, 1.54) is 25.2 Å². The van der Waals surface area contributed by atoms with Crippen molar-refractivity contribution in [3.05, 3.63) is 82.9 Å². The molecule has 0 saturated carbocycles. The Balaban J connectivity index is 1.67. The highest BCUT2D eigenvalue weighted by Gasteiger charge is 2.38. The smallest absolute Gasteiger partial charge is 0.416 e. The maximum atomic E-state index is 13.3. The second-order valence-electron chi connectivity index (χ2n) is 7.92. The predicted octanol–water partition coefficient (Wildman–Crippen LogP) is 5.51. The number of nitrogens with zero attached hydrogens (tertiary/aromatic N) is 1. The third kappa shape index (κ3) is 4.99. The van der Waals surface area contributed by atoms with Crippen molar-refractivity contribution in [1.82, 2.24) is 4.90 Å². The minimum atomic E-state index is -4.54. The van der Waals surface area contributed by atoms with E-state index in [-0.39, 0.29) is 18.7 Å². The van der Waals surface area contributed by atoms with Crippen molar-refractivity contribution in [3.63, 3.8) is 0 Å². The molecule has 0 aromatic heterocycles. The maximum absolute atomic E-state index is 13.3. The molecule has 0 N–H and O–H groups in total. The first kappa shape index (κ1) is 24.3. The minimum Gasteiger partial charge on any atom is -0.497 e. The van der Waals surface area contributed by atoms with Crippen LogP contribution >= 0.6 is 0 Å². The van der Waals surface area contributed by atoms with Gasteiger partial charge >= 0.3 is 6.18 Å². The monoisotopic (exact) mass is 487 g/mol. The average molecular weight is 487 g/mol. The quantitative estimate of drug-likeness (QED) is 0.420. The van der Waals surface area contributed by atoms with E-state index in [4.69, 9.17) is 18.9 Å². The fourth-order valence-electron chi connectivity index (χ4n) is 4.02. The molecule has 4 rings (SSSR count). The first-order valence-corrected chi connectivity index (χ1v) is 10.7. The summed E-state index contributed by atoms with van der Waals surface area (Å²) >= 11 is 0. The predicted molar refractivity (Wildman–Crippen MR) is 122 cm³/mol. The van der Waals surface area contributed by atoms with E-state index >= 15 is 0 Å². The van der Waals surface area contributed by atoms with Crippen molar-refractivity contribution in [2.75, 3.05) is 27.9 Å². The molecule has 0 radical (unpaired) electrons. The summed E-state index contributed by atoms with van der Waals surface area (Å²) < 4.78 is 61.6. The number of hydrogen-bond donors (Lipinski definition) is 0. The number of hydrogen-bond acceptors (Lipinski definition) is 5. The molecule has 1 unspecified atom stereocenters. The summed E-state index contributed by atoms with van der Waals surface area (Å²) in [5.74, 6) is 1.70. The maximum Gasteiger partial charge on any atom is 0.416 e. The zero-order valence-corrected chi connectivity index (χ0v) is 19.4. The van der Waals surface area contributed by atoms with Gasteiger partial charge in [-0.3, -0.25) is 4.79 Å². The van der Waals surface area contributed by atoms with Crippen LogP contribution in [0.5, 0.6) is 23.0 Å². The van der Waals surface area contributed by atoms with Gasteiger partial charge in [-0.25, -0.2) is 0 Å². The van der Waals surface area contributed by atoms with E-state index in [0.717, 1.165) is 12.1 Å². The van der Waals surface area contributed by atoms with Gasteiger partial charge in [0.2, 0.25) is 0 Å². The SMILES string of the molecule is COc1ccc(OCC(c2ccc(OC)c(OC)c2)N2Cc3ccc(C(F)(F)F)cc3C2=O)cc1. The van der Waals surface area contributed by atoms with Crippen molar-refractivity contribution >= 4 is 5.91 Å². The molecule has 35 heavy (non-hydrogen) atoms. The molecule has 1 aliphatic rings. The Bertz CT molecular complexity index is 1210. The van der Waals surface area contributed by atoms with Gasteiger partial charge in [0.1, 0.15) is 18.1 Å². The Morgan fingerprint density at radius 2 is 1.54 bits per heavy atom. The molecule has 0 bridgehead atoms. The third-order valence-electron chi connectivity index (χ3n) is 5.91. The van der Waals surface area contributed by atoms with Crippen molar-refractivity contribution in [2.45, 2.75) is 18.8 Å². The van der Waals surface area contributed by atoms with Gasteiger partial charge in [0.15, 0.2) is 11.5 Å². The number of fused-ring (bicyclic) bond motifs is 1. The molecule has 3 aromatic carbocycles. The van der Waals surface area contributed by atoms with Crippen molar-refractivity contribution in [2.24, 2.45) is 0 Å². The Morgan fingerprint density at radius 1 is 0.857 bits per heavy atom. The molecule has 0 saturated heterocycles. The summed E-state index contributed by atoms with van der Waals surface area (Å²) in [4.78, 5) is 14.8. The summed E-state index contributed by atoms with van der Waals surface area (Å²) in [6.45, 7) is 0.213. The van der Waals surface area contributed by atoms with Gasteiger partial charge in [-0.15, -0.1) is 0 Å². The number of benzene rings is 3. The lowest BCUT2D eigenvalue weighted by Gasteiger charge is -2.29. The van der Waals surface area contributed by atoms with Gasteiger partial charge in [-0.05, 0) is 59.7 Å². The molecule has 0 fully saturated rings.